The Bertz CT molecular complexity index is 888. The number of ether oxygens (including phenoxy) is 1. The predicted octanol–water partition coefficient (Wildman–Crippen LogP) is 2.12. The number of thioether (sulfide) groups is 1. The van der Waals surface area contributed by atoms with E-state index in [1.807, 2.05) is 12.3 Å². The number of fused-ring (bicyclic) bond motifs is 1. The van der Waals surface area contributed by atoms with E-state index in [9.17, 15) is 4.79 Å². The summed E-state index contributed by atoms with van der Waals surface area (Å²) in [6.07, 6.45) is 1.11. The second-order valence-electron chi connectivity index (χ2n) is 7.03. The third kappa shape index (κ3) is 3.37. The van der Waals surface area contributed by atoms with Crippen molar-refractivity contribution in [3.8, 4) is 0 Å². The molecule has 1 fully saturated rings. The number of amidine groups is 1. The van der Waals surface area contributed by atoms with E-state index in [0.29, 0.717) is 29.2 Å². The van der Waals surface area contributed by atoms with Crippen LogP contribution in [0.1, 0.15) is 34.5 Å². The molecule has 3 N–H and O–H groups in total. The van der Waals surface area contributed by atoms with Crippen LogP contribution in [0.3, 0.4) is 0 Å². The zero-order valence-electron chi connectivity index (χ0n) is 15.4. The summed E-state index contributed by atoms with van der Waals surface area (Å²) in [4.78, 5) is 21.9. The molecule has 0 spiro atoms. The quantitative estimate of drug-likeness (QED) is 0.808. The minimum atomic E-state index is -0.558. The van der Waals surface area contributed by atoms with Crippen molar-refractivity contribution in [2.24, 2.45) is 23.7 Å². The van der Waals surface area contributed by atoms with E-state index in [2.05, 4.69) is 22.3 Å². The number of nitrogens with two attached hydrogens (primary N) is 1. The lowest BCUT2D eigenvalue weighted by atomic mass is 9.80. The van der Waals surface area contributed by atoms with Crippen LogP contribution in [-0.4, -0.2) is 44.3 Å². The Labute approximate surface area is 165 Å². The summed E-state index contributed by atoms with van der Waals surface area (Å²) in [5, 5.41) is 10.3. The van der Waals surface area contributed by atoms with E-state index < -0.39 is 5.54 Å². The van der Waals surface area contributed by atoms with Crippen LogP contribution in [-0.2, 0) is 17.3 Å². The largest absolute Gasteiger partial charge is 0.379 e. The number of hydrogen-bond acceptors (Lipinski definition) is 8. The summed E-state index contributed by atoms with van der Waals surface area (Å²) in [5.41, 5.74) is 6.76. The molecule has 2 aliphatic rings. The Kier molecular flexibility index (Phi) is 4.73. The fraction of sp³-hybridized carbons (Fsp3) is 0.529. The molecule has 4 heterocycles. The number of amides is 1. The number of thiazole rings is 1. The van der Waals surface area contributed by atoms with E-state index in [1.165, 1.54) is 11.3 Å². The summed E-state index contributed by atoms with van der Waals surface area (Å²) in [6.45, 7) is 4.44. The molecule has 2 aromatic rings. The SMILES string of the molecule is Cc1cc(C(=O)Nc2csc(C34COC(C)CC3CSC(N)=N4)n2)nn1C. The highest BCUT2D eigenvalue weighted by Gasteiger charge is 2.49. The van der Waals surface area contributed by atoms with Crippen LogP contribution in [0.4, 0.5) is 5.82 Å². The molecule has 2 aliphatic heterocycles. The van der Waals surface area contributed by atoms with Gasteiger partial charge in [0, 0.05) is 29.8 Å². The normalized spacial score (nSPS) is 27.7. The molecule has 8 nitrogen and oxygen atoms in total. The first-order valence-electron chi connectivity index (χ1n) is 8.75. The molecule has 2 aromatic heterocycles. The average Bonchev–Trinajstić information content (AvgIpc) is 3.23. The molecule has 0 aliphatic carbocycles. The Morgan fingerprint density at radius 1 is 1.52 bits per heavy atom. The molecule has 3 atom stereocenters. The van der Waals surface area contributed by atoms with Gasteiger partial charge in [0.15, 0.2) is 10.9 Å². The lowest BCUT2D eigenvalue weighted by Crippen LogP contribution is -2.49. The van der Waals surface area contributed by atoms with Crippen LogP contribution in [0.5, 0.6) is 0 Å². The Balaban J connectivity index is 1.59. The predicted molar refractivity (Wildman–Crippen MR) is 107 cm³/mol. The molecule has 27 heavy (non-hydrogen) atoms. The minimum Gasteiger partial charge on any atom is -0.379 e. The van der Waals surface area contributed by atoms with Gasteiger partial charge < -0.3 is 15.8 Å². The van der Waals surface area contributed by atoms with Crippen molar-refractivity contribution in [3.05, 3.63) is 27.8 Å². The second kappa shape index (κ2) is 6.92. The zero-order chi connectivity index (χ0) is 19.2. The number of carbonyl (C=O) groups excluding carboxylic acids is 1. The van der Waals surface area contributed by atoms with Gasteiger partial charge in [-0.15, -0.1) is 11.3 Å². The highest BCUT2D eigenvalue weighted by molar-refractivity contribution is 8.13. The zero-order valence-corrected chi connectivity index (χ0v) is 17.1. The number of anilines is 1. The van der Waals surface area contributed by atoms with E-state index in [-0.39, 0.29) is 12.0 Å². The lowest BCUT2D eigenvalue weighted by molar-refractivity contribution is -0.0466. The molecule has 0 saturated carbocycles. The highest BCUT2D eigenvalue weighted by atomic mass is 32.2. The summed E-state index contributed by atoms with van der Waals surface area (Å²) >= 11 is 3.06. The van der Waals surface area contributed by atoms with Gasteiger partial charge in [0.2, 0.25) is 0 Å². The fourth-order valence-electron chi connectivity index (χ4n) is 3.46. The summed E-state index contributed by atoms with van der Waals surface area (Å²) < 4.78 is 7.59. The van der Waals surface area contributed by atoms with Crippen molar-refractivity contribution in [2.45, 2.75) is 31.9 Å². The maximum atomic E-state index is 12.4. The Morgan fingerprint density at radius 3 is 3.07 bits per heavy atom. The van der Waals surface area contributed by atoms with Crippen molar-refractivity contribution in [1.29, 1.82) is 0 Å². The Morgan fingerprint density at radius 2 is 2.33 bits per heavy atom. The Hall–Kier alpha value is -1.91. The number of nitrogens with zero attached hydrogens (tertiary/aromatic N) is 4. The van der Waals surface area contributed by atoms with Gasteiger partial charge in [0.1, 0.15) is 16.4 Å². The van der Waals surface area contributed by atoms with Gasteiger partial charge in [-0.05, 0) is 26.3 Å². The van der Waals surface area contributed by atoms with Crippen molar-refractivity contribution < 1.29 is 9.53 Å². The number of aromatic nitrogens is 3. The number of aryl methyl sites for hydroxylation is 2. The molecule has 1 saturated heterocycles. The van der Waals surface area contributed by atoms with Crippen LogP contribution < -0.4 is 11.1 Å². The van der Waals surface area contributed by atoms with Gasteiger partial charge in [0.25, 0.3) is 5.91 Å². The van der Waals surface area contributed by atoms with Crippen molar-refractivity contribution in [1.82, 2.24) is 14.8 Å². The first kappa shape index (κ1) is 18.5. The van der Waals surface area contributed by atoms with E-state index in [0.717, 1.165) is 22.9 Å². The standard InChI is InChI=1S/C17H22N6O2S2/c1-9-4-12(22-23(9)3)14(24)19-13-7-26-15(20-13)17-8-25-10(2)5-11(17)6-27-16(18)21-17/h4,7,10-11H,5-6,8H2,1-3H3,(H2,18,21)(H,19,24). The van der Waals surface area contributed by atoms with Crippen molar-refractivity contribution in [2.75, 3.05) is 17.7 Å². The van der Waals surface area contributed by atoms with E-state index in [4.69, 9.17) is 15.5 Å². The first-order valence-corrected chi connectivity index (χ1v) is 10.6. The van der Waals surface area contributed by atoms with Gasteiger partial charge in [-0.1, -0.05) is 11.8 Å². The van der Waals surface area contributed by atoms with Crippen LogP contribution in [0.2, 0.25) is 0 Å². The maximum absolute atomic E-state index is 12.4. The molecule has 1 amide bonds. The molecular formula is C17H22N6O2S2. The summed E-state index contributed by atoms with van der Waals surface area (Å²) in [7, 11) is 1.81. The molecule has 4 rings (SSSR count). The second-order valence-corrected chi connectivity index (χ2v) is 8.92. The molecule has 0 radical (unpaired) electrons. The fourth-order valence-corrected chi connectivity index (χ4v) is 5.43. The number of rotatable bonds is 3. The molecule has 144 valence electrons. The van der Waals surface area contributed by atoms with Crippen molar-refractivity contribution in [3.63, 3.8) is 0 Å². The van der Waals surface area contributed by atoms with Crippen LogP contribution >= 0.6 is 23.1 Å². The first-order chi connectivity index (χ1) is 12.9. The van der Waals surface area contributed by atoms with E-state index in [1.54, 1.807) is 29.6 Å². The number of hydrogen-bond donors (Lipinski definition) is 2. The van der Waals surface area contributed by atoms with Gasteiger partial charge in [-0.25, -0.2) is 9.98 Å². The highest BCUT2D eigenvalue weighted by Crippen LogP contribution is 2.46. The number of aliphatic imine (C=N–C) groups is 1. The number of nitrogens with one attached hydrogen (secondary N) is 1. The molecule has 0 aromatic carbocycles. The van der Waals surface area contributed by atoms with Crippen LogP contribution in [0.25, 0.3) is 0 Å². The average molecular weight is 407 g/mol. The van der Waals surface area contributed by atoms with Gasteiger partial charge in [-0.2, -0.15) is 5.10 Å². The monoisotopic (exact) mass is 406 g/mol. The summed E-state index contributed by atoms with van der Waals surface area (Å²) in [6, 6.07) is 1.75. The van der Waals surface area contributed by atoms with Gasteiger partial charge in [-0.3, -0.25) is 9.48 Å². The van der Waals surface area contributed by atoms with E-state index >= 15 is 0 Å². The minimum absolute atomic E-state index is 0.199. The topological polar surface area (TPSA) is 107 Å². The maximum Gasteiger partial charge on any atom is 0.277 e. The molecule has 3 unspecified atom stereocenters. The van der Waals surface area contributed by atoms with Crippen molar-refractivity contribution >= 4 is 40.0 Å². The van der Waals surface area contributed by atoms with Crippen LogP contribution in [0, 0.1) is 12.8 Å². The third-order valence-electron chi connectivity index (χ3n) is 5.08. The number of carbonyl (C=O) groups is 1. The molecule has 0 bridgehead atoms. The smallest absolute Gasteiger partial charge is 0.277 e. The van der Waals surface area contributed by atoms with Gasteiger partial charge >= 0.3 is 0 Å². The van der Waals surface area contributed by atoms with Crippen LogP contribution in [0.15, 0.2) is 16.4 Å². The summed E-state index contributed by atoms with van der Waals surface area (Å²) in [5.74, 6) is 1.44. The van der Waals surface area contributed by atoms with Gasteiger partial charge in [0.05, 0.1) is 12.7 Å². The molecular weight excluding hydrogens is 384 g/mol. The lowest BCUT2D eigenvalue weighted by Gasteiger charge is -2.44. The third-order valence-corrected chi connectivity index (χ3v) is 7.05. The molecule has 10 heteroatoms.